The predicted octanol–water partition coefficient (Wildman–Crippen LogP) is 6.53. The van der Waals surface area contributed by atoms with Crippen LogP contribution in [0.25, 0.3) is 10.9 Å². The summed E-state index contributed by atoms with van der Waals surface area (Å²) in [6.45, 7) is 2.69. The number of amides is 2. The molecular formula is C31H29F2N5O4. The average Bonchev–Trinajstić information content (AvgIpc) is 3.00. The van der Waals surface area contributed by atoms with Crippen LogP contribution in [-0.2, 0) is 0 Å². The molecule has 4 aromatic rings. The number of benzene rings is 3. The molecule has 0 atom stereocenters. The first-order valence-electron chi connectivity index (χ1n) is 13.3. The first-order chi connectivity index (χ1) is 20.3. The van der Waals surface area contributed by atoms with Gasteiger partial charge in [-0.25, -0.2) is 13.6 Å². The van der Waals surface area contributed by atoms with Gasteiger partial charge in [-0.05, 0) is 48.9 Å². The van der Waals surface area contributed by atoms with E-state index in [0.717, 1.165) is 23.4 Å². The number of aromatic nitrogens is 1. The molecule has 42 heavy (non-hydrogen) atoms. The first kappa shape index (κ1) is 28.4. The van der Waals surface area contributed by atoms with Gasteiger partial charge in [0.25, 0.3) is 0 Å². The lowest BCUT2D eigenvalue weighted by molar-refractivity contribution is 0.115. The van der Waals surface area contributed by atoms with Crippen molar-refractivity contribution in [1.29, 1.82) is 5.26 Å². The van der Waals surface area contributed by atoms with Gasteiger partial charge in [0.15, 0.2) is 11.5 Å². The number of likely N-dealkylation sites (tertiary alicyclic amines) is 1. The molecule has 0 spiro atoms. The lowest BCUT2D eigenvalue weighted by atomic mass is 10.1. The third-order valence-electron chi connectivity index (χ3n) is 7.16. The fourth-order valence-corrected chi connectivity index (χ4v) is 4.90. The van der Waals surface area contributed by atoms with Crippen LogP contribution >= 0.6 is 0 Å². The Kier molecular flexibility index (Phi) is 8.24. The molecule has 2 N–H and O–H groups in total. The fourth-order valence-electron chi connectivity index (χ4n) is 4.90. The minimum Gasteiger partial charge on any atom is -0.493 e. The van der Waals surface area contributed by atoms with E-state index in [1.807, 2.05) is 25.1 Å². The highest BCUT2D eigenvalue weighted by Gasteiger charge is 2.26. The van der Waals surface area contributed by atoms with Crippen molar-refractivity contribution < 1.29 is 27.8 Å². The lowest BCUT2D eigenvalue weighted by Crippen LogP contribution is -2.44. The summed E-state index contributed by atoms with van der Waals surface area (Å²) in [4.78, 5) is 18.5. The van der Waals surface area contributed by atoms with Crippen LogP contribution in [0.3, 0.4) is 0 Å². The third kappa shape index (κ3) is 5.83. The van der Waals surface area contributed by atoms with Crippen molar-refractivity contribution in [3.63, 3.8) is 0 Å². The van der Waals surface area contributed by atoms with E-state index in [4.69, 9.17) is 14.2 Å². The molecular weight excluding hydrogens is 544 g/mol. The van der Waals surface area contributed by atoms with Crippen LogP contribution in [0.2, 0.25) is 0 Å². The molecule has 3 aromatic carbocycles. The van der Waals surface area contributed by atoms with Gasteiger partial charge < -0.3 is 29.7 Å². The molecule has 0 unspecified atom stereocenters. The van der Waals surface area contributed by atoms with Crippen molar-refractivity contribution >= 4 is 34.0 Å². The number of hydrogen-bond donors (Lipinski definition) is 2. The van der Waals surface area contributed by atoms with Gasteiger partial charge in [-0.15, -0.1) is 0 Å². The second-order valence-corrected chi connectivity index (χ2v) is 9.82. The summed E-state index contributed by atoms with van der Waals surface area (Å²) in [7, 11) is 3.10. The quantitative estimate of drug-likeness (QED) is 0.259. The summed E-state index contributed by atoms with van der Waals surface area (Å²) in [5, 5.41) is 16.1. The van der Waals surface area contributed by atoms with Gasteiger partial charge in [0, 0.05) is 49.3 Å². The number of urea groups is 1. The number of hydrogen-bond acceptors (Lipinski definition) is 7. The van der Waals surface area contributed by atoms with Crippen molar-refractivity contribution in [1.82, 2.24) is 9.88 Å². The number of nitrogens with one attached hydrogen (secondary N) is 2. The second kappa shape index (κ2) is 12.2. The van der Waals surface area contributed by atoms with Crippen molar-refractivity contribution in [2.75, 3.05) is 37.9 Å². The monoisotopic (exact) mass is 573 g/mol. The number of ether oxygens (including phenoxy) is 3. The van der Waals surface area contributed by atoms with Gasteiger partial charge in [-0.1, -0.05) is 6.07 Å². The molecule has 0 radical (unpaired) electrons. The molecule has 1 aliphatic rings. The van der Waals surface area contributed by atoms with Gasteiger partial charge in [0.1, 0.15) is 35.2 Å². The van der Waals surface area contributed by atoms with Crippen molar-refractivity contribution in [3.05, 3.63) is 77.5 Å². The normalized spacial score (nSPS) is 13.4. The van der Waals surface area contributed by atoms with Crippen molar-refractivity contribution in [2.45, 2.75) is 25.9 Å². The maximum absolute atomic E-state index is 13.9. The molecule has 0 saturated carbocycles. The minimum atomic E-state index is -0.823. The Morgan fingerprint density at radius 3 is 2.33 bits per heavy atom. The summed E-state index contributed by atoms with van der Waals surface area (Å²) >= 11 is 0. The Bertz CT molecular complexity index is 1660. The number of pyridine rings is 1. The number of carbonyl (C=O) groups is 1. The number of para-hydroxylation sites is 1. The number of anilines is 3. The SMILES string of the molecule is COc1cc2ncc(C#N)c(Nc3ccc(OC4CCN(C(=O)Nc5c(F)cccc5F)CC4)c(C)c3)c2cc1OC. The van der Waals surface area contributed by atoms with Gasteiger partial charge in [0.2, 0.25) is 0 Å². The Morgan fingerprint density at radius 1 is 1.00 bits per heavy atom. The largest absolute Gasteiger partial charge is 0.493 e. The van der Waals surface area contributed by atoms with E-state index in [0.29, 0.717) is 65.3 Å². The zero-order chi connectivity index (χ0) is 29.8. The highest BCUT2D eigenvalue weighted by Crippen LogP contribution is 2.37. The van der Waals surface area contributed by atoms with E-state index in [2.05, 4.69) is 21.7 Å². The Hall–Kier alpha value is -5.11. The summed E-state index contributed by atoms with van der Waals surface area (Å²) in [6, 6.07) is 14.3. The van der Waals surface area contributed by atoms with Crippen LogP contribution in [-0.4, -0.2) is 49.3 Å². The number of methoxy groups -OCH3 is 2. The van der Waals surface area contributed by atoms with Gasteiger partial charge in [-0.3, -0.25) is 4.98 Å². The lowest BCUT2D eigenvalue weighted by Gasteiger charge is -2.32. The zero-order valence-corrected chi connectivity index (χ0v) is 23.3. The molecule has 1 fully saturated rings. The van der Waals surface area contributed by atoms with Crippen LogP contribution in [0.5, 0.6) is 17.2 Å². The number of nitrogens with zero attached hydrogens (tertiary/aromatic N) is 3. The van der Waals surface area contributed by atoms with E-state index in [9.17, 15) is 18.8 Å². The number of rotatable bonds is 7. The number of nitriles is 1. The maximum Gasteiger partial charge on any atom is 0.322 e. The summed E-state index contributed by atoms with van der Waals surface area (Å²) in [5.74, 6) is 0.110. The van der Waals surface area contributed by atoms with Crippen LogP contribution in [0.1, 0.15) is 24.0 Å². The highest BCUT2D eigenvalue weighted by atomic mass is 19.1. The van der Waals surface area contributed by atoms with Crippen LogP contribution in [0, 0.1) is 29.9 Å². The second-order valence-electron chi connectivity index (χ2n) is 9.82. The molecule has 1 saturated heterocycles. The van der Waals surface area contributed by atoms with Crippen LogP contribution in [0.4, 0.5) is 30.6 Å². The molecule has 11 heteroatoms. The first-order valence-corrected chi connectivity index (χ1v) is 13.3. The molecule has 5 rings (SSSR count). The summed E-state index contributed by atoms with van der Waals surface area (Å²) < 4.78 is 44.9. The van der Waals surface area contributed by atoms with E-state index >= 15 is 0 Å². The zero-order valence-electron chi connectivity index (χ0n) is 23.3. The highest BCUT2D eigenvalue weighted by molar-refractivity contribution is 5.97. The van der Waals surface area contributed by atoms with Gasteiger partial charge in [-0.2, -0.15) is 5.26 Å². The van der Waals surface area contributed by atoms with Gasteiger partial charge >= 0.3 is 6.03 Å². The number of carbonyl (C=O) groups excluding carboxylic acids is 1. The van der Waals surface area contributed by atoms with Crippen molar-refractivity contribution in [3.8, 4) is 23.3 Å². The van der Waals surface area contributed by atoms with E-state index in [1.165, 1.54) is 17.2 Å². The predicted molar refractivity (Wildman–Crippen MR) is 155 cm³/mol. The Morgan fingerprint density at radius 2 is 1.69 bits per heavy atom. The minimum absolute atomic E-state index is 0.131. The van der Waals surface area contributed by atoms with E-state index in [1.54, 1.807) is 26.4 Å². The molecule has 2 amide bonds. The number of piperidine rings is 1. The molecule has 9 nitrogen and oxygen atoms in total. The Labute approximate surface area is 241 Å². The number of fused-ring (bicyclic) bond motifs is 1. The topological polar surface area (TPSA) is 109 Å². The van der Waals surface area contributed by atoms with E-state index in [-0.39, 0.29) is 6.10 Å². The smallest absolute Gasteiger partial charge is 0.322 e. The summed E-state index contributed by atoms with van der Waals surface area (Å²) in [6.07, 6.45) is 2.51. The molecule has 1 aromatic heterocycles. The van der Waals surface area contributed by atoms with Crippen LogP contribution in [0.15, 0.2) is 54.7 Å². The Balaban J connectivity index is 1.25. The van der Waals surface area contributed by atoms with E-state index < -0.39 is 23.4 Å². The molecule has 0 bridgehead atoms. The van der Waals surface area contributed by atoms with Gasteiger partial charge in [0.05, 0.1) is 31.0 Å². The standard InChI is InChI=1S/C31H29F2N5O4/c1-18-13-20(36-29-19(16-34)17-35-25-15-28(41-3)27(40-2)14-22(25)29)7-8-26(18)42-21-9-11-38(12-10-21)31(39)37-30-23(32)5-4-6-24(30)33/h4-8,13-15,17,21H,9-12H2,1-3H3,(H,35,36)(H,37,39). The molecule has 216 valence electrons. The average molecular weight is 574 g/mol. The molecule has 2 heterocycles. The fraction of sp³-hybridized carbons (Fsp3) is 0.258. The number of halogens is 2. The van der Waals surface area contributed by atoms with Crippen molar-refractivity contribution in [2.24, 2.45) is 0 Å². The van der Waals surface area contributed by atoms with Crippen LogP contribution < -0.4 is 24.8 Å². The molecule has 0 aliphatic carbocycles. The summed E-state index contributed by atoms with van der Waals surface area (Å²) in [5.41, 5.74) is 2.80. The number of aryl methyl sites for hydroxylation is 1. The molecule has 1 aliphatic heterocycles. The third-order valence-corrected chi connectivity index (χ3v) is 7.16. The maximum atomic E-state index is 13.9.